The highest BCUT2D eigenvalue weighted by atomic mass is 32.1. The number of amides is 1. The predicted molar refractivity (Wildman–Crippen MR) is 97.1 cm³/mol. The van der Waals surface area contributed by atoms with Crippen molar-refractivity contribution >= 4 is 29.3 Å². The fraction of sp³-hybridized carbons (Fsp3) is 0. The number of carbonyl (C=O) groups excluding carboxylic acids is 1. The van der Waals surface area contributed by atoms with Gasteiger partial charge in [-0.2, -0.15) is 0 Å². The predicted octanol–water partition coefficient (Wildman–Crippen LogP) is 3.67. The second-order valence-electron chi connectivity index (χ2n) is 5.10. The molecule has 25 heavy (non-hydrogen) atoms. The zero-order valence-corrected chi connectivity index (χ0v) is 13.9. The van der Waals surface area contributed by atoms with Crippen LogP contribution in [0.3, 0.4) is 0 Å². The molecular formula is C19H14N2O3S. The molecule has 0 saturated heterocycles. The Morgan fingerprint density at radius 2 is 1.76 bits per heavy atom. The maximum atomic E-state index is 12.2. The van der Waals surface area contributed by atoms with Gasteiger partial charge in [0.05, 0.1) is 10.6 Å². The van der Waals surface area contributed by atoms with Crippen LogP contribution < -0.4 is 5.32 Å². The second kappa shape index (κ2) is 7.55. The van der Waals surface area contributed by atoms with Crippen molar-refractivity contribution in [2.75, 3.05) is 0 Å². The fourth-order valence-corrected chi connectivity index (χ4v) is 3.08. The number of benzene rings is 1. The maximum Gasteiger partial charge on any atom is 0.352 e. The molecule has 0 bridgehead atoms. The van der Waals surface area contributed by atoms with Crippen LogP contribution in [-0.2, 0) is 4.79 Å². The number of hydrogen-bond donors (Lipinski definition) is 2. The van der Waals surface area contributed by atoms with Crippen molar-refractivity contribution in [2.45, 2.75) is 0 Å². The zero-order valence-electron chi connectivity index (χ0n) is 13.0. The van der Waals surface area contributed by atoms with E-state index in [0.29, 0.717) is 10.4 Å². The molecule has 1 amide bonds. The summed E-state index contributed by atoms with van der Waals surface area (Å²) in [6.07, 6.45) is 3.15. The number of aromatic nitrogens is 1. The Morgan fingerprint density at radius 1 is 1.00 bits per heavy atom. The number of aliphatic carboxylic acids is 1. The lowest BCUT2D eigenvalue weighted by Gasteiger charge is -2.05. The van der Waals surface area contributed by atoms with Crippen molar-refractivity contribution in [1.82, 2.24) is 10.3 Å². The van der Waals surface area contributed by atoms with E-state index in [-0.39, 0.29) is 5.70 Å². The van der Waals surface area contributed by atoms with Crippen LogP contribution in [0.1, 0.15) is 15.2 Å². The van der Waals surface area contributed by atoms with Gasteiger partial charge in [0.15, 0.2) is 0 Å². The van der Waals surface area contributed by atoms with Crippen LogP contribution >= 0.6 is 11.3 Å². The first-order valence-corrected chi connectivity index (χ1v) is 8.28. The molecule has 0 spiro atoms. The third kappa shape index (κ3) is 4.19. The van der Waals surface area contributed by atoms with Gasteiger partial charge in [-0.15, -0.1) is 11.3 Å². The first kappa shape index (κ1) is 16.6. The Morgan fingerprint density at radius 3 is 2.44 bits per heavy atom. The van der Waals surface area contributed by atoms with Gasteiger partial charge in [0.25, 0.3) is 5.91 Å². The Bertz CT molecular complexity index is 918. The minimum Gasteiger partial charge on any atom is -0.477 e. The molecule has 0 aliphatic rings. The number of thiophene rings is 1. The summed E-state index contributed by atoms with van der Waals surface area (Å²) < 4.78 is 0. The SMILES string of the molecule is O=C(O)C(=Cc1ccc(-c2ccccn2)s1)NC(=O)c1ccccc1. The van der Waals surface area contributed by atoms with Gasteiger partial charge in [0.1, 0.15) is 5.70 Å². The van der Waals surface area contributed by atoms with Crippen LogP contribution in [0.15, 0.2) is 72.6 Å². The minimum atomic E-state index is -1.20. The van der Waals surface area contributed by atoms with Gasteiger partial charge in [-0.05, 0) is 42.5 Å². The molecule has 0 unspecified atom stereocenters. The lowest BCUT2D eigenvalue weighted by Crippen LogP contribution is -2.27. The molecule has 0 saturated carbocycles. The number of nitrogens with one attached hydrogen (secondary N) is 1. The van der Waals surface area contributed by atoms with Crippen LogP contribution in [0.5, 0.6) is 0 Å². The summed E-state index contributed by atoms with van der Waals surface area (Å²) in [5, 5.41) is 11.8. The average Bonchev–Trinajstić information content (AvgIpc) is 3.11. The molecule has 5 nitrogen and oxygen atoms in total. The highest BCUT2D eigenvalue weighted by Crippen LogP contribution is 2.27. The Labute approximate surface area is 148 Å². The molecule has 0 radical (unpaired) electrons. The normalized spacial score (nSPS) is 11.1. The van der Waals surface area contributed by atoms with Crippen molar-refractivity contribution in [2.24, 2.45) is 0 Å². The number of carboxylic acid groups (broad SMARTS) is 1. The van der Waals surface area contributed by atoms with Gasteiger partial charge < -0.3 is 10.4 Å². The summed E-state index contributed by atoms with van der Waals surface area (Å²) in [5.74, 6) is -1.66. The summed E-state index contributed by atoms with van der Waals surface area (Å²) in [6, 6.07) is 17.8. The molecule has 6 heteroatoms. The molecule has 3 rings (SSSR count). The largest absolute Gasteiger partial charge is 0.477 e. The van der Waals surface area contributed by atoms with Gasteiger partial charge >= 0.3 is 5.97 Å². The lowest BCUT2D eigenvalue weighted by atomic mass is 10.2. The number of hydrogen-bond acceptors (Lipinski definition) is 4. The number of rotatable bonds is 5. The van der Waals surface area contributed by atoms with Crippen molar-refractivity contribution < 1.29 is 14.7 Å². The first-order chi connectivity index (χ1) is 12.1. The quantitative estimate of drug-likeness (QED) is 0.688. The Kier molecular flexibility index (Phi) is 5.01. The van der Waals surface area contributed by atoms with Crippen LogP contribution in [-0.4, -0.2) is 22.0 Å². The van der Waals surface area contributed by atoms with Crippen molar-refractivity contribution in [1.29, 1.82) is 0 Å². The van der Waals surface area contributed by atoms with Gasteiger partial charge in [-0.3, -0.25) is 9.78 Å². The van der Waals surface area contributed by atoms with E-state index in [4.69, 9.17) is 0 Å². The van der Waals surface area contributed by atoms with Crippen molar-refractivity contribution in [3.63, 3.8) is 0 Å². The molecule has 1 aromatic carbocycles. The van der Waals surface area contributed by atoms with E-state index in [1.54, 1.807) is 42.6 Å². The zero-order chi connectivity index (χ0) is 17.6. The minimum absolute atomic E-state index is 0.178. The monoisotopic (exact) mass is 350 g/mol. The van der Waals surface area contributed by atoms with E-state index in [2.05, 4.69) is 10.3 Å². The van der Waals surface area contributed by atoms with E-state index >= 15 is 0 Å². The molecule has 0 fully saturated rings. The fourth-order valence-electron chi connectivity index (χ4n) is 2.15. The molecule has 0 aliphatic heterocycles. The summed E-state index contributed by atoms with van der Waals surface area (Å²) in [5.41, 5.74) is 1.04. The summed E-state index contributed by atoms with van der Waals surface area (Å²) >= 11 is 1.40. The first-order valence-electron chi connectivity index (χ1n) is 7.46. The van der Waals surface area contributed by atoms with E-state index < -0.39 is 11.9 Å². The molecular weight excluding hydrogens is 336 g/mol. The van der Waals surface area contributed by atoms with Gasteiger partial charge in [0, 0.05) is 16.6 Å². The number of carboxylic acids is 1. The van der Waals surface area contributed by atoms with Gasteiger partial charge in [-0.25, -0.2) is 4.79 Å². The second-order valence-corrected chi connectivity index (χ2v) is 6.22. The standard InChI is InChI=1S/C19H14N2O3S/c22-18(13-6-2-1-3-7-13)21-16(19(23)24)12-14-9-10-17(25-14)15-8-4-5-11-20-15/h1-12H,(H,21,22)(H,23,24). The van der Waals surface area contributed by atoms with Crippen molar-refractivity contribution in [3.05, 3.63) is 83.0 Å². The number of carbonyl (C=O) groups is 2. The summed E-state index contributed by atoms with van der Waals surface area (Å²) in [4.78, 5) is 29.5. The molecule has 2 N–H and O–H groups in total. The highest BCUT2D eigenvalue weighted by molar-refractivity contribution is 7.16. The van der Waals surface area contributed by atoms with E-state index in [1.165, 1.54) is 17.4 Å². The van der Waals surface area contributed by atoms with Crippen LogP contribution in [0.4, 0.5) is 0 Å². The molecule has 2 heterocycles. The smallest absolute Gasteiger partial charge is 0.352 e. The molecule has 2 aromatic heterocycles. The molecule has 124 valence electrons. The maximum absolute atomic E-state index is 12.2. The summed E-state index contributed by atoms with van der Waals surface area (Å²) in [7, 11) is 0. The molecule has 3 aromatic rings. The highest BCUT2D eigenvalue weighted by Gasteiger charge is 2.14. The van der Waals surface area contributed by atoms with Gasteiger partial charge in [0.2, 0.25) is 0 Å². The van der Waals surface area contributed by atoms with Crippen LogP contribution in [0, 0.1) is 0 Å². The number of nitrogens with zero attached hydrogens (tertiary/aromatic N) is 1. The van der Waals surface area contributed by atoms with Crippen LogP contribution in [0.2, 0.25) is 0 Å². The van der Waals surface area contributed by atoms with Gasteiger partial charge in [-0.1, -0.05) is 24.3 Å². The Hall–Kier alpha value is -3.25. The molecule has 0 aliphatic carbocycles. The third-order valence-electron chi connectivity index (χ3n) is 3.35. The summed E-state index contributed by atoms with van der Waals surface area (Å²) in [6.45, 7) is 0. The van der Waals surface area contributed by atoms with E-state index in [9.17, 15) is 14.7 Å². The van der Waals surface area contributed by atoms with E-state index in [1.807, 2.05) is 24.3 Å². The topological polar surface area (TPSA) is 79.3 Å². The van der Waals surface area contributed by atoms with Crippen molar-refractivity contribution in [3.8, 4) is 10.6 Å². The van der Waals surface area contributed by atoms with Crippen LogP contribution in [0.25, 0.3) is 16.6 Å². The number of pyridine rings is 1. The molecule has 0 atom stereocenters. The third-order valence-corrected chi connectivity index (χ3v) is 4.40. The van der Waals surface area contributed by atoms with E-state index in [0.717, 1.165) is 10.6 Å². The average molecular weight is 350 g/mol. The lowest BCUT2D eigenvalue weighted by molar-refractivity contribution is -0.132. The Balaban J connectivity index is 1.82.